The maximum absolute atomic E-state index is 13.4. The van der Waals surface area contributed by atoms with Crippen LogP contribution in [0, 0.1) is 6.92 Å². The number of alkyl halides is 3. The van der Waals surface area contributed by atoms with Crippen LogP contribution < -0.4 is 5.32 Å². The molecule has 2 heterocycles. The first-order valence-electron chi connectivity index (χ1n) is 12.5. The second kappa shape index (κ2) is 10.3. The van der Waals surface area contributed by atoms with E-state index in [0.29, 0.717) is 24.1 Å². The van der Waals surface area contributed by atoms with E-state index >= 15 is 0 Å². The zero-order valence-corrected chi connectivity index (χ0v) is 21.1. The highest BCUT2D eigenvalue weighted by Gasteiger charge is 2.48. The van der Waals surface area contributed by atoms with E-state index in [-0.39, 0.29) is 24.6 Å². The van der Waals surface area contributed by atoms with E-state index in [0.717, 1.165) is 30.9 Å². The lowest BCUT2D eigenvalue weighted by Gasteiger charge is -2.50. The molecule has 0 aliphatic carbocycles. The van der Waals surface area contributed by atoms with Gasteiger partial charge in [0.2, 0.25) is 5.91 Å². The third-order valence-electron chi connectivity index (χ3n) is 7.49. The number of hydrogen-bond donors (Lipinski definition) is 1. The van der Waals surface area contributed by atoms with E-state index in [4.69, 9.17) is 4.74 Å². The van der Waals surface area contributed by atoms with Gasteiger partial charge in [-0.3, -0.25) is 14.7 Å². The number of hydrogen-bond acceptors (Lipinski definition) is 4. The van der Waals surface area contributed by atoms with Crippen LogP contribution in [-0.4, -0.2) is 42.4 Å². The Labute approximate surface area is 210 Å². The molecule has 0 aromatic heterocycles. The molecule has 4 rings (SSSR count). The fraction of sp³-hybridized carbons (Fsp3) is 0.500. The van der Waals surface area contributed by atoms with Crippen molar-refractivity contribution in [1.82, 2.24) is 10.2 Å². The summed E-state index contributed by atoms with van der Waals surface area (Å²) in [7, 11) is 0. The van der Waals surface area contributed by atoms with Gasteiger partial charge in [0.15, 0.2) is 0 Å². The molecule has 0 bridgehead atoms. The predicted octanol–water partition coefficient (Wildman–Crippen LogP) is 5.78. The fourth-order valence-electron chi connectivity index (χ4n) is 5.47. The van der Waals surface area contributed by atoms with Crippen molar-refractivity contribution in [1.29, 1.82) is 0 Å². The number of benzene rings is 2. The molecule has 1 saturated heterocycles. The summed E-state index contributed by atoms with van der Waals surface area (Å²) in [6, 6.07) is 14.1. The van der Waals surface area contributed by atoms with Gasteiger partial charge in [-0.2, -0.15) is 13.2 Å². The average molecular weight is 502 g/mol. The van der Waals surface area contributed by atoms with Gasteiger partial charge in [0.25, 0.3) is 0 Å². The molecule has 0 saturated carbocycles. The van der Waals surface area contributed by atoms with Crippen molar-refractivity contribution in [2.75, 3.05) is 19.7 Å². The summed E-state index contributed by atoms with van der Waals surface area (Å²) in [6.07, 6.45) is -0.00448. The third-order valence-corrected chi connectivity index (χ3v) is 7.49. The van der Waals surface area contributed by atoms with Crippen molar-refractivity contribution in [2.24, 2.45) is 4.99 Å². The molecule has 0 unspecified atom stereocenters. The standard InChI is InChI=1S/C28H34F3N3O2/c1-4-10-26(34-19-32-16-25(34)35)11-12-27(33-17-26,23-8-6-5-7-9-23)18-36-21(3)22-13-20(2)14-24(15-22)28(29,30)31/h5-9,13-15,19,21,33H,4,10-12,16-18H2,1-3H3/t21-,26+,27-/m1/s1. The lowest BCUT2D eigenvalue weighted by atomic mass is 9.74. The number of piperidine rings is 1. The highest BCUT2D eigenvalue weighted by molar-refractivity contribution is 5.95. The molecule has 3 atom stereocenters. The third kappa shape index (κ3) is 5.34. The van der Waals surface area contributed by atoms with Crippen LogP contribution in [0.3, 0.4) is 0 Å². The number of halogens is 3. The van der Waals surface area contributed by atoms with Gasteiger partial charge in [-0.05, 0) is 56.4 Å². The SMILES string of the molecule is CCC[C@]1(N2C=NCC2=O)CC[C@@](CO[C@H](C)c2cc(C)cc(C(F)(F)F)c2)(c2ccccc2)NC1. The van der Waals surface area contributed by atoms with Crippen LogP contribution in [-0.2, 0) is 21.2 Å². The summed E-state index contributed by atoms with van der Waals surface area (Å²) >= 11 is 0. The van der Waals surface area contributed by atoms with Crippen LogP contribution >= 0.6 is 0 Å². The van der Waals surface area contributed by atoms with Crippen LogP contribution in [0.2, 0.25) is 0 Å². The van der Waals surface area contributed by atoms with E-state index in [2.05, 4.69) is 17.2 Å². The number of nitrogens with one attached hydrogen (secondary N) is 1. The largest absolute Gasteiger partial charge is 0.416 e. The Hall–Kier alpha value is -2.71. The van der Waals surface area contributed by atoms with Gasteiger partial charge in [-0.15, -0.1) is 0 Å². The summed E-state index contributed by atoms with van der Waals surface area (Å²) in [6.45, 7) is 6.62. The predicted molar refractivity (Wildman–Crippen MR) is 134 cm³/mol. The lowest BCUT2D eigenvalue weighted by Crippen LogP contribution is -2.64. The van der Waals surface area contributed by atoms with Crippen LogP contribution in [0.5, 0.6) is 0 Å². The minimum Gasteiger partial charge on any atom is -0.372 e. The zero-order valence-electron chi connectivity index (χ0n) is 21.1. The van der Waals surface area contributed by atoms with Crippen molar-refractivity contribution in [3.63, 3.8) is 0 Å². The molecule has 2 aliphatic rings. The summed E-state index contributed by atoms with van der Waals surface area (Å²) < 4.78 is 46.4. The molecule has 194 valence electrons. The average Bonchev–Trinajstić information content (AvgIpc) is 3.30. The molecule has 1 fully saturated rings. The zero-order chi connectivity index (χ0) is 26.0. The van der Waals surface area contributed by atoms with E-state index < -0.39 is 23.4 Å². The normalized spacial score (nSPS) is 25.4. The number of rotatable bonds is 8. The minimum absolute atomic E-state index is 0.0160. The summed E-state index contributed by atoms with van der Waals surface area (Å²) in [4.78, 5) is 18.5. The Morgan fingerprint density at radius 1 is 1.17 bits per heavy atom. The topological polar surface area (TPSA) is 53.9 Å². The Morgan fingerprint density at radius 2 is 1.92 bits per heavy atom. The van der Waals surface area contributed by atoms with Gasteiger partial charge in [0.1, 0.15) is 6.54 Å². The van der Waals surface area contributed by atoms with Crippen molar-refractivity contribution in [3.05, 3.63) is 70.8 Å². The summed E-state index contributed by atoms with van der Waals surface area (Å²) in [5, 5.41) is 3.72. The van der Waals surface area contributed by atoms with Crippen LogP contribution in [0.4, 0.5) is 13.2 Å². The van der Waals surface area contributed by atoms with E-state index in [1.807, 2.05) is 30.3 Å². The molecule has 2 aliphatic heterocycles. The molecule has 36 heavy (non-hydrogen) atoms. The lowest BCUT2D eigenvalue weighted by molar-refractivity contribution is -0.137. The van der Waals surface area contributed by atoms with Crippen LogP contribution in [0.1, 0.15) is 67.9 Å². The molecular weight excluding hydrogens is 467 g/mol. The number of aliphatic imine (C=N–C) groups is 1. The summed E-state index contributed by atoms with van der Waals surface area (Å²) in [5.74, 6) is 0.0160. The first-order valence-corrected chi connectivity index (χ1v) is 12.5. The fourth-order valence-corrected chi connectivity index (χ4v) is 5.47. The number of aryl methyl sites for hydroxylation is 1. The highest BCUT2D eigenvalue weighted by atomic mass is 19.4. The van der Waals surface area contributed by atoms with Crippen molar-refractivity contribution in [3.8, 4) is 0 Å². The number of carbonyl (C=O) groups excluding carboxylic acids is 1. The highest BCUT2D eigenvalue weighted by Crippen LogP contribution is 2.40. The van der Waals surface area contributed by atoms with Crippen LogP contribution in [0.15, 0.2) is 53.5 Å². The van der Waals surface area contributed by atoms with Crippen molar-refractivity contribution < 1.29 is 22.7 Å². The molecule has 5 nitrogen and oxygen atoms in total. The molecule has 1 N–H and O–H groups in total. The minimum atomic E-state index is -4.41. The van der Waals surface area contributed by atoms with Crippen molar-refractivity contribution >= 4 is 12.2 Å². The number of carbonyl (C=O) groups is 1. The first-order chi connectivity index (χ1) is 17.1. The van der Waals surface area contributed by atoms with Gasteiger partial charge in [0, 0.05) is 6.54 Å². The van der Waals surface area contributed by atoms with Gasteiger partial charge in [-0.25, -0.2) is 0 Å². The second-order valence-corrected chi connectivity index (χ2v) is 10.1. The Bertz CT molecular complexity index is 1090. The van der Waals surface area contributed by atoms with Gasteiger partial charge in [-0.1, -0.05) is 55.3 Å². The maximum atomic E-state index is 13.4. The molecule has 0 radical (unpaired) electrons. The van der Waals surface area contributed by atoms with Gasteiger partial charge >= 0.3 is 6.18 Å². The smallest absolute Gasteiger partial charge is 0.372 e. The Morgan fingerprint density at radius 3 is 2.50 bits per heavy atom. The van der Waals surface area contributed by atoms with Gasteiger partial charge in [0.05, 0.1) is 35.7 Å². The van der Waals surface area contributed by atoms with E-state index in [1.54, 1.807) is 31.2 Å². The first kappa shape index (κ1) is 26.4. The molecule has 2 aromatic rings. The number of ether oxygens (including phenoxy) is 1. The van der Waals surface area contributed by atoms with Crippen molar-refractivity contribution in [2.45, 2.75) is 69.8 Å². The number of nitrogens with zero attached hydrogens (tertiary/aromatic N) is 2. The Kier molecular flexibility index (Phi) is 7.57. The maximum Gasteiger partial charge on any atom is 0.416 e. The number of amides is 1. The van der Waals surface area contributed by atoms with E-state index in [9.17, 15) is 18.0 Å². The molecule has 8 heteroatoms. The molecule has 1 amide bonds. The molecule has 0 spiro atoms. The van der Waals surface area contributed by atoms with Gasteiger partial charge < -0.3 is 10.1 Å². The summed E-state index contributed by atoms with van der Waals surface area (Å²) in [5.41, 5.74) is 0.564. The van der Waals surface area contributed by atoms with Crippen LogP contribution in [0.25, 0.3) is 0 Å². The second-order valence-electron chi connectivity index (χ2n) is 10.1. The quantitative estimate of drug-likeness (QED) is 0.499. The van der Waals surface area contributed by atoms with E-state index in [1.165, 1.54) is 6.07 Å². The molecular formula is C28H34F3N3O2. The Balaban J connectivity index is 1.57. The monoisotopic (exact) mass is 501 g/mol. The molecule has 2 aromatic carbocycles.